The fourth-order valence-electron chi connectivity index (χ4n) is 2.81. The number of hydrogen-bond donors (Lipinski definition) is 0. The fourth-order valence-corrected chi connectivity index (χ4v) is 2.81. The van der Waals surface area contributed by atoms with Crippen LogP contribution in [0, 0.1) is 0 Å². The fraction of sp³-hybridized carbons (Fsp3) is 0.882. The summed E-state index contributed by atoms with van der Waals surface area (Å²) < 4.78 is 0. The van der Waals surface area contributed by atoms with Crippen LogP contribution in [-0.4, -0.2) is 18.5 Å². The summed E-state index contributed by atoms with van der Waals surface area (Å²) in [5, 5.41) is 0. The van der Waals surface area contributed by atoms with Crippen LogP contribution in [0.2, 0.25) is 0 Å². The molecule has 0 aliphatic carbocycles. The third kappa shape index (κ3) is 7.08. The van der Waals surface area contributed by atoms with E-state index in [1.807, 2.05) is 0 Å². The van der Waals surface area contributed by atoms with Crippen molar-refractivity contribution in [3.05, 3.63) is 11.8 Å². The van der Waals surface area contributed by atoms with Gasteiger partial charge in [0.05, 0.1) is 0 Å². The van der Waals surface area contributed by atoms with E-state index in [4.69, 9.17) is 0 Å². The molecule has 1 heterocycles. The smallest absolute Gasteiger partial charge is 0.0175 e. The molecule has 1 fully saturated rings. The molecule has 0 bridgehead atoms. The first kappa shape index (κ1) is 15.6. The molecule has 0 saturated carbocycles. The lowest BCUT2D eigenvalue weighted by atomic mass is 10.1. The Morgan fingerprint density at radius 1 is 0.944 bits per heavy atom. The first-order valence-electron chi connectivity index (χ1n) is 8.24. The number of unbranched alkanes of at least 4 members (excludes halogenated alkanes) is 9. The largest absolute Gasteiger partial charge is 0.378 e. The molecule has 1 nitrogen and oxygen atoms in total. The van der Waals surface area contributed by atoms with E-state index in [0.717, 1.165) is 0 Å². The van der Waals surface area contributed by atoms with Crippen LogP contribution < -0.4 is 0 Å². The van der Waals surface area contributed by atoms with Gasteiger partial charge in [0.1, 0.15) is 0 Å². The molecule has 0 radical (unpaired) electrons. The van der Waals surface area contributed by atoms with E-state index in [1.165, 1.54) is 83.6 Å². The SMILES string of the molecule is CCCCCCCCCCCC=C1CCCN1C. The van der Waals surface area contributed by atoms with Gasteiger partial charge >= 0.3 is 0 Å². The molecule has 1 rings (SSSR count). The Morgan fingerprint density at radius 3 is 2.11 bits per heavy atom. The van der Waals surface area contributed by atoms with Crippen LogP contribution in [0.3, 0.4) is 0 Å². The van der Waals surface area contributed by atoms with Crippen LogP contribution in [0.1, 0.15) is 84.0 Å². The first-order chi connectivity index (χ1) is 8.84. The molecule has 18 heavy (non-hydrogen) atoms. The van der Waals surface area contributed by atoms with Gasteiger partial charge in [-0.05, 0) is 25.7 Å². The van der Waals surface area contributed by atoms with Crippen LogP contribution in [0.25, 0.3) is 0 Å². The zero-order valence-corrected chi connectivity index (χ0v) is 12.7. The van der Waals surface area contributed by atoms with Crippen molar-refractivity contribution in [2.24, 2.45) is 0 Å². The third-order valence-corrected chi connectivity index (χ3v) is 4.10. The maximum atomic E-state index is 2.48. The van der Waals surface area contributed by atoms with Gasteiger partial charge < -0.3 is 4.90 Å². The molecule has 1 heteroatoms. The number of hydrogen-bond acceptors (Lipinski definition) is 1. The second-order valence-corrected chi connectivity index (χ2v) is 5.84. The Bertz CT molecular complexity index is 220. The highest BCUT2D eigenvalue weighted by molar-refractivity contribution is 5.04. The van der Waals surface area contributed by atoms with E-state index in [2.05, 4.69) is 24.9 Å². The zero-order valence-electron chi connectivity index (χ0n) is 12.7. The van der Waals surface area contributed by atoms with Crippen molar-refractivity contribution in [1.82, 2.24) is 4.90 Å². The summed E-state index contributed by atoms with van der Waals surface area (Å²) in [4.78, 5) is 2.42. The Balaban J connectivity index is 1.84. The molecule has 0 atom stereocenters. The second kappa shape index (κ2) is 10.5. The van der Waals surface area contributed by atoms with Gasteiger partial charge in [-0.15, -0.1) is 0 Å². The van der Waals surface area contributed by atoms with E-state index in [9.17, 15) is 0 Å². The Morgan fingerprint density at radius 2 is 1.56 bits per heavy atom. The molecule has 1 aliphatic rings. The highest BCUT2D eigenvalue weighted by Gasteiger charge is 2.10. The number of nitrogens with zero attached hydrogens (tertiary/aromatic N) is 1. The third-order valence-electron chi connectivity index (χ3n) is 4.10. The summed E-state index contributed by atoms with van der Waals surface area (Å²) in [6.45, 7) is 3.56. The summed E-state index contributed by atoms with van der Waals surface area (Å²) >= 11 is 0. The molecular formula is C17H33N. The minimum atomic E-state index is 1.27. The monoisotopic (exact) mass is 251 g/mol. The molecule has 0 aromatic carbocycles. The molecule has 1 aliphatic heterocycles. The van der Waals surface area contributed by atoms with E-state index in [-0.39, 0.29) is 0 Å². The van der Waals surface area contributed by atoms with Crippen molar-refractivity contribution in [1.29, 1.82) is 0 Å². The van der Waals surface area contributed by atoms with E-state index >= 15 is 0 Å². The van der Waals surface area contributed by atoms with Crippen molar-refractivity contribution in [2.75, 3.05) is 13.6 Å². The topological polar surface area (TPSA) is 3.24 Å². The van der Waals surface area contributed by atoms with Gasteiger partial charge in [-0.3, -0.25) is 0 Å². The lowest BCUT2D eigenvalue weighted by Gasteiger charge is -2.12. The summed E-state index contributed by atoms with van der Waals surface area (Å²) in [7, 11) is 2.23. The predicted octanol–water partition coefficient (Wildman–Crippen LogP) is 5.52. The molecule has 0 aromatic heterocycles. The van der Waals surface area contributed by atoms with Crippen molar-refractivity contribution in [3.8, 4) is 0 Å². The van der Waals surface area contributed by atoms with Gasteiger partial charge in [0.2, 0.25) is 0 Å². The average molecular weight is 251 g/mol. The van der Waals surface area contributed by atoms with Crippen LogP contribution in [-0.2, 0) is 0 Å². The van der Waals surface area contributed by atoms with Gasteiger partial charge in [-0.25, -0.2) is 0 Å². The van der Waals surface area contributed by atoms with Crippen LogP contribution in [0.4, 0.5) is 0 Å². The highest BCUT2D eigenvalue weighted by atomic mass is 15.1. The predicted molar refractivity (Wildman–Crippen MR) is 81.8 cm³/mol. The minimum Gasteiger partial charge on any atom is -0.378 e. The molecule has 106 valence electrons. The van der Waals surface area contributed by atoms with Gasteiger partial charge in [-0.2, -0.15) is 0 Å². The van der Waals surface area contributed by atoms with Crippen LogP contribution in [0.15, 0.2) is 11.8 Å². The van der Waals surface area contributed by atoms with Gasteiger partial charge in [0.15, 0.2) is 0 Å². The van der Waals surface area contributed by atoms with Crippen molar-refractivity contribution in [2.45, 2.75) is 84.0 Å². The quantitative estimate of drug-likeness (QED) is 0.462. The van der Waals surface area contributed by atoms with Crippen molar-refractivity contribution < 1.29 is 0 Å². The number of rotatable bonds is 10. The van der Waals surface area contributed by atoms with E-state index < -0.39 is 0 Å². The lowest BCUT2D eigenvalue weighted by Crippen LogP contribution is -2.09. The Labute approximate surface area is 115 Å². The Kier molecular flexibility index (Phi) is 9.06. The molecule has 0 N–H and O–H groups in total. The van der Waals surface area contributed by atoms with Gasteiger partial charge in [-0.1, -0.05) is 64.4 Å². The highest BCUT2D eigenvalue weighted by Crippen LogP contribution is 2.20. The zero-order chi connectivity index (χ0) is 13.1. The molecule has 0 spiro atoms. The molecular weight excluding hydrogens is 218 g/mol. The van der Waals surface area contributed by atoms with Crippen molar-refractivity contribution >= 4 is 0 Å². The number of likely N-dealkylation sites (tertiary alicyclic amines) is 1. The van der Waals surface area contributed by atoms with Crippen molar-refractivity contribution in [3.63, 3.8) is 0 Å². The molecule has 0 unspecified atom stereocenters. The second-order valence-electron chi connectivity index (χ2n) is 5.84. The number of allylic oxidation sites excluding steroid dienone is 2. The van der Waals surface area contributed by atoms with E-state index in [0.29, 0.717) is 0 Å². The van der Waals surface area contributed by atoms with Gasteiger partial charge in [0.25, 0.3) is 0 Å². The van der Waals surface area contributed by atoms with Crippen LogP contribution >= 0.6 is 0 Å². The molecule has 0 amide bonds. The molecule has 1 saturated heterocycles. The maximum Gasteiger partial charge on any atom is 0.0175 e. The lowest BCUT2D eigenvalue weighted by molar-refractivity contribution is 0.477. The standard InChI is InChI=1S/C17H33N/c1-3-4-5-6-7-8-9-10-11-12-14-17-15-13-16-18(17)2/h14H,3-13,15-16H2,1-2H3. The Hall–Kier alpha value is -0.460. The normalized spacial score (nSPS) is 17.9. The minimum absolute atomic E-state index is 1.27. The van der Waals surface area contributed by atoms with Crippen LogP contribution in [0.5, 0.6) is 0 Å². The molecule has 0 aromatic rings. The summed E-state index contributed by atoms with van der Waals surface area (Å²) in [6.07, 6.45) is 19.4. The van der Waals surface area contributed by atoms with E-state index in [1.54, 1.807) is 5.70 Å². The summed E-state index contributed by atoms with van der Waals surface area (Å²) in [5.41, 5.74) is 1.59. The summed E-state index contributed by atoms with van der Waals surface area (Å²) in [6, 6.07) is 0. The van der Waals surface area contributed by atoms with Gasteiger partial charge in [0, 0.05) is 19.3 Å². The average Bonchev–Trinajstić information content (AvgIpc) is 2.77. The first-order valence-corrected chi connectivity index (χ1v) is 8.24. The summed E-state index contributed by atoms with van der Waals surface area (Å²) in [5.74, 6) is 0. The maximum absolute atomic E-state index is 2.48.